The van der Waals surface area contributed by atoms with Crippen LogP contribution in [0.5, 0.6) is 0 Å². The minimum absolute atomic E-state index is 0.132. The molecule has 0 bridgehead atoms. The largest absolute Gasteiger partial charge is 0.376 e. The highest BCUT2D eigenvalue weighted by molar-refractivity contribution is 6.31. The van der Waals surface area contributed by atoms with E-state index in [1.54, 1.807) is 0 Å². The molecule has 0 amide bonds. The monoisotopic (exact) mass is 298 g/mol. The Labute approximate surface area is 122 Å². The van der Waals surface area contributed by atoms with Gasteiger partial charge in [0.25, 0.3) is 0 Å². The maximum absolute atomic E-state index is 6.25. The number of fused-ring (bicyclic) bond motifs is 1. The molecule has 1 saturated heterocycles. The van der Waals surface area contributed by atoms with Crippen molar-refractivity contribution >= 4 is 34.2 Å². The first kappa shape index (κ1) is 13.2. The molecule has 0 radical (unpaired) electrons. The van der Waals surface area contributed by atoms with E-state index in [1.807, 2.05) is 25.1 Å². The van der Waals surface area contributed by atoms with Gasteiger partial charge in [0.1, 0.15) is 5.82 Å². The summed E-state index contributed by atoms with van der Waals surface area (Å²) >= 11 is 12.3. The maximum Gasteiger partial charge on any atom is 0.127 e. The number of nitrogens with zero attached hydrogens (tertiary/aromatic N) is 2. The number of imidazole rings is 1. The van der Waals surface area contributed by atoms with Gasteiger partial charge in [-0.25, -0.2) is 4.98 Å². The van der Waals surface area contributed by atoms with E-state index in [4.69, 9.17) is 27.9 Å². The van der Waals surface area contributed by atoms with Crippen LogP contribution in [0.4, 0.5) is 0 Å². The number of benzene rings is 1. The lowest BCUT2D eigenvalue weighted by Crippen LogP contribution is -2.17. The summed E-state index contributed by atoms with van der Waals surface area (Å²) in [6, 6.07) is 5.74. The van der Waals surface area contributed by atoms with E-state index in [0.717, 1.165) is 47.9 Å². The van der Waals surface area contributed by atoms with E-state index in [9.17, 15) is 0 Å². The third kappa shape index (κ3) is 2.60. The van der Waals surface area contributed by atoms with E-state index >= 15 is 0 Å². The molecule has 1 fully saturated rings. The summed E-state index contributed by atoms with van der Waals surface area (Å²) in [5.41, 5.74) is 1.97. The van der Waals surface area contributed by atoms with Crippen LogP contribution in [-0.2, 0) is 11.3 Å². The van der Waals surface area contributed by atoms with Crippen LogP contribution in [-0.4, -0.2) is 22.3 Å². The van der Waals surface area contributed by atoms with Crippen molar-refractivity contribution in [2.45, 2.75) is 37.8 Å². The molecule has 19 heavy (non-hydrogen) atoms. The quantitative estimate of drug-likeness (QED) is 0.795. The predicted molar refractivity (Wildman–Crippen MR) is 78.0 cm³/mol. The summed E-state index contributed by atoms with van der Waals surface area (Å²) in [5, 5.41) is 0.586. The fraction of sp³-hybridized carbons (Fsp3) is 0.500. The normalized spacial score (nSPS) is 21.1. The highest BCUT2D eigenvalue weighted by Crippen LogP contribution is 2.28. The summed E-state index contributed by atoms with van der Waals surface area (Å²) in [6.45, 7) is 3.59. The van der Waals surface area contributed by atoms with Crippen LogP contribution in [0.3, 0.4) is 0 Å². The van der Waals surface area contributed by atoms with Crippen molar-refractivity contribution in [3.05, 3.63) is 29.0 Å². The van der Waals surface area contributed by atoms with Crippen molar-refractivity contribution in [2.75, 3.05) is 6.61 Å². The van der Waals surface area contributed by atoms with Gasteiger partial charge in [0.2, 0.25) is 0 Å². The number of hydrogen-bond donors (Lipinski definition) is 0. The summed E-state index contributed by atoms with van der Waals surface area (Å²) in [6.07, 6.45) is 2.48. The van der Waals surface area contributed by atoms with E-state index in [-0.39, 0.29) is 11.5 Å². The zero-order chi connectivity index (χ0) is 13.4. The topological polar surface area (TPSA) is 27.1 Å². The van der Waals surface area contributed by atoms with E-state index < -0.39 is 0 Å². The molecular formula is C14H16Cl2N2O. The minimum Gasteiger partial charge on any atom is -0.376 e. The van der Waals surface area contributed by atoms with Crippen molar-refractivity contribution < 1.29 is 4.74 Å². The van der Waals surface area contributed by atoms with Gasteiger partial charge in [0.15, 0.2) is 0 Å². The lowest BCUT2D eigenvalue weighted by atomic mass is 10.2. The molecule has 102 valence electrons. The number of aromatic nitrogens is 2. The molecular weight excluding hydrogens is 283 g/mol. The van der Waals surface area contributed by atoms with Crippen molar-refractivity contribution in [3.63, 3.8) is 0 Å². The second kappa shape index (κ2) is 5.31. The Bertz CT molecular complexity index is 588. The lowest BCUT2D eigenvalue weighted by molar-refractivity contribution is 0.0972. The Balaban J connectivity index is 2.06. The zero-order valence-corrected chi connectivity index (χ0v) is 12.3. The van der Waals surface area contributed by atoms with Crippen molar-refractivity contribution in [1.29, 1.82) is 0 Å². The van der Waals surface area contributed by atoms with Crippen LogP contribution in [0.15, 0.2) is 18.2 Å². The van der Waals surface area contributed by atoms with Crippen LogP contribution in [0.1, 0.15) is 31.0 Å². The molecule has 0 saturated carbocycles. The van der Waals surface area contributed by atoms with Crippen LogP contribution in [0.25, 0.3) is 11.0 Å². The molecule has 3 rings (SSSR count). The molecule has 1 aromatic heterocycles. The molecule has 2 atom stereocenters. The Morgan fingerprint density at radius 1 is 1.53 bits per heavy atom. The molecule has 0 spiro atoms. The fourth-order valence-electron chi connectivity index (χ4n) is 2.60. The van der Waals surface area contributed by atoms with Gasteiger partial charge in [0, 0.05) is 11.6 Å². The van der Waals surface area contributed by atoms with Gasteiger partial charge in [-0.1, -0.05) is 11.6 Å². The number of ether oxygens (including phenoxy) is 1. The summed E-state index contributed by atoms with van der Waals surface area (Å²) in [5.74, 6) is 0.884. The molecule has 3 nitrogen and oxygen atoms in total. The molecule has 1 aromatic carbocycles. The van der Waals surface area contributed by atoms with E-state index in [1.165, 1.54) is 0 Å². The maximum atomic E-state index is 6.25. The number of hydrogen-bond acceptors (Lipinski definition) is 2. The number of halogens is 2. The van der Waals surface area contributed by atoms with Gasteiger partial charge >= 0.3 is 0 Å². The van der Waals surface area contributed by atoms with Crippen LogP contribution < -0.4 is 0 Å². The fourth-order valence-corrected chi connectivity index (χ4v) is 2.93. The molecule has 2 aromatic rings. The Morgan fingerprint density at radius 2 is 2.37 bits per heavy atom. The summed E-state index contributed by atoms with van der Waals surface area (Å²) in [7, 11) is 0. The second-order valence-electron chi connectivity index (χ2n) is 4.96. The molecule has 0 N–H and O–H groups in total. The van der Waals surface area contributed by atoms with Gasteiger partial charge in [-0.05, 0) is 38.0 Å². The highest BCUT2D eigenvalue weighted by atomic mass is 35.5. The third-order valence-corrected chi connectivity index (χ3v) is 3.94. The molecule has 2 unspecified atom stereocenters. The first-order valence-corrected chi connectivity index (χ1v) is 7.38. The Morgan fingerprint density at radius 3 is 3.05 bits per heavy atom. The van der Waals surface area contributed by atoms with E-state index in [2.05, 4.69) is 9.55 Å². The molecule has 1 aliphatic rings. The van der Waals surface area contributed by atoms with Gasteiger partial charge in [-0.15, -0.1) is 11.6 Å². The van der Waals surface area contributed by atoms with Crippen LogP contribution in [0, 0.1) is 0 Å². The number of rotatable bonds is 3. The number of alkyl halides is 1. The smallest absolute Gasteiger partial charge is 0.127 e. The van der Waals surface area contributed by atoms with Crippen molar-refractivity contribution in [3.8, 4) is 0 Å². The first-order valence-electron chi connectivity index (χ1n) is 6.56. The average molecular weight is 299 g/mol. The van der Waals surface area contributed by atoms with Gasteiger partial charge < -0.3 is 9.30 Å². The zero-order valence-electron chi connectivity index (χ0n) is 10.8. The standard InChI is InChI=1S/C14H16Cl2N2O/c1-9(15)14-17-12-5-4-10(16)7-13(12)18(14)8-11-3-2-6-19-11/h4-5,7,9,11H,2-3,6,8H2,1H3. The Kier molecular flexibility index (Phi) is 3.70. The highest BCUT2D eigenvalue weighted by Gasteiger charge is 2.21. The summed E-state index contributed by atoms with van der Waals surface area (Å²) < 4.78 is 7.86. The van der Waals surface area contributed by atoms with Gasteiger partial charge in [0.05, 0.1) is 29.1 Å². The predicted octanol–water partition coefficient (Wildman–Crippen LogP) is 4.17. The first-order chi connectivity index (χ1) is 9.15. The van der Waals surface area contributed by atoms with Crippen LogP contribution in [0.2, 0.25) is 5.02 Å². The molecule has 0 aliphatic carbocycles. The van der Waals surface area contributed by atoms with E-state index in [0.29, 0.717) is 0 Å². The molecule has 1 aliphatic heterocycles. The SMILES string of the molecule is CC(Cl)c1nc2ccc(Cl)cc2n1CC1CCCO1. The minimum atomic E-state index is -0.132. The third-order valence-electron chi connectivity index (χ3n) is 3.51. The van der Waals surface area contributed by atoms with Crippen LogP contribution >= 0.6 is 23.2 Å². The molecule has 2 heterocycles. The van der Waals surface area contributed by atoms with Crippen molar-refractivity contribution in [1.82, 2.24) is 9.55 Å². The van der Waals surface area contributed by atoms with Crippen molar-refractivity contribution in [2.24, 2.45) is 0 Å². The lowest BCUT2D eigenvalue weighted by Gasteiger charge is -2.15. The molecule has 5 heteroatoms. The summed E-state index contributed by atoms with van der Waals surface area (Å²) in [4.78, 5) is 4.61. The average Bonchev–Trinajstić information content (AvgIpc) is 2.98. The Hall–Kier alpha value is -0.770. The second-order valence-corrected chi connectivity index (χ2v) is 6.06. The van der Waals surface area contributed by atoms with Gasteiger partial charge in [-0.2, -0.15) is 0 Å². The van der Waals surface area contributed by atoms with Gasteiger partial charge in [-0.3, -0.25) is 0 Å².